The predicted octanol–water partition coefficient (Wildman–Crippen LogP) is 2.64. The minimum Gasteiger partial charge on any atom is -0.353 e. The van der Waals surface area contributed by atoms with Gasteiger partial charge < -0.3 is 19.4 Å². The fraction of sp³-hybridized carbons (Fsp3) is 0.381. The monoisotopic (exact) mass is 397 g/mol. The lowest BCUT2D eigenvalue weighted by atomic mass is 10.2. The molecule has 8 heteroatoms. The van der Waals surface area contributed by atoms with Crippen LogP contribution in [0.25, 0.3) is 5.82 Å². The Kier molecular flexibility index (Phi) is 7.54. The third-order valence-corrected chi connectivity index (χ3v) is 4.32. The molecule has 0 aliphatic rings. The zero-order valence-corrected chi connectivity index (χ0v) is 16.8. The molecule has 2 heterocycles. The van der Waals surface area contributed by atoms with Crippen LogP contribution >= 0.6 is 0 Å². The highest BCUT2D eigenvalue weighted by molar-refractivity contribution is 5.95. The van der Waals surface area contributed by atoms with Crippen LogP contribution < -0.4 is 5.32 Å². The Labute approximate surface area is 170 Å². The summed E-state index contributed by atoms with van der Waals surface area (Å²) in [5.41, 5.74) is 1.36. The van der Waals surface area contributed by atoms with Gasteiger partial charge in [0.15, 0.2) is 17.8 Å². The summed E-state index contributed by atoms with van der Waals surface area (Å²) in [7, 11) is 0. The van der Waals surface area contributed by atoms with E-state index in [9.17, 15) is 4.79 Å². The Morgan fingerprint density at radius 2 is 1.76 bits per heavy atom. The van der Waals surface area contributed by atoms with Gasteiger partial charge in [-0.05, 0) is 31.5 Å². The molecule has 0 aliphatic heterocycles. The van der Waals surface area contributed by atoms with E-state index in [1.54, 1.807) is 4.68 Å². The van der Waals surface area contributed by atoms with E-state index < -0.39 is 0 Å². The highest BCUT2D eigenvalue weighted by atomic mass is 16.7. The van der Waals surface area contributed by atoms with Gasteiger partial charge in [0.1, 0.15) is 0 Å². The van der Waals surface area contributed by atoms with Crippen molar-refractivity contribution in [2.45, 2.75) is 33.1 Å². The van der Waals surface area contributed by atoms with Gasteiger partial charge in [0, 0.05) is 38.6 Å². The number of amides is 1. The lowest BCUT2D eigenvalue weighted by Crippen LogP contribution is -2.30. The first-order valence-electron chi connectivity index (χ1n) is 9.85. The van der Waals surface area contributed by atoms with Gasteiger partial charge >= 0.3 is 0 Å². The number of hydrogen-bond acceptors (Lipinski definition) is 5. The van der Waals surface area contributed by atoms with Crippen molar-refractivity contribution in [1.29, 1.82) is 0 Å². The summed E-state index contributed by atoms with van der Waals surface area (Å²) in [5.74, 6) is 0.349. The molecule has 0 saturated carbocycles. The number of benzene rings is 1. The summed E-state index contributed by atoms with van der Waals surface area (Å²) in [6.45, 7) is 5.89. The van der Waals surface area contributed by atoms with Crippen LogP contribution in [0.2, 0.25) is 0 Å². The van der Waals surface area contributed by atoms with Crippen LogP contribution in [-0.2, 0) is 16.0 Å². The minimum atomic E-state index is -0.331. The van der Waals surface area contributed by atoms with Gasteiger partial charge in [-0.2, -0.15) is 0 Å². The van der Waals surface area contributed by atoms with E-state index in [1.165, 1.54) is 0 Å². The Balaban J connectivity index is 1.74. The van der Waals surface area contributed by atoms with Crippen molar-refractivity contribution >= 4 is 5.91 Å². The fourth-order valence-corrected chi connectivity index (χ4v) is 3.02. The standard InChI is InChI=1S/C21H27N5O3/c1-3-28-18(29-4-2)12-13-22-20(27)19-21(25-14-8-9-15-25)26(24-23-19)16-17-10-6-5-7-11-17/h5-11,14-15,18H,3-4,12-13,16H2,1-2H3,(H,22,27). The number of ether oxygens (including phenoxy) is 2. The van der Waals surface area contributed by atoms with E-state index >= 15 is 0 Å². The van der Waals surface area contributed by atoms with Gasteiger partial charge in [-0.3, -0.25) is 4.79 Å². The highest BCUT2D eigenvalue weighted by Crippen LogP contribution is 2.15. The molecule has 3 rings (SSSR count). The molecule has 0 unspecified atom stereocenters. The summed E-state index contributed by atoms with van der Waals surface area (Å²) in [6.07, 6.45) is 3.97. The molecular formula is C21H27N5O3. The smallest absolute Gasteiger partial charge is 0.275 e. The first-order chi connectivity index (χ1) is 14.2. The number of carbonyl (C=O) groups is 1. The van der Waals surface area contributed by atoms with Crippen molar-refractivity contribution in [3.8, 4) is 5.82 Å². The zero-order chi connectivity index (χ0) is 20.5. The second-order valence-corrected chi connectivity index (χ2v) is 6.38. The average molecular weight is 397 g/mol. The van der Waals surface area contributed by atoms with Crippen molar-refractivity contribution in [3.05, 3.63) is 66.1 Å². The first kappa shape index (κ1) is 20.8. The molecule has 8 nitrogen and oxygen atoms in total. The van der Waals surface area contributed by atoms with Crippen LogP contribution in [0.5, 0.6) is 0 Å². The van der Waals surface area contributed by atoms with E-state index in [2.05, 4.69) is 15.6 Å². The fourth-order valence-electron chi connectivity index (χ4n) is 3.02. The Morgan fingerprint density at radius 1 is 1.07 bits per heavy atom. The quantitative estimate of drug-likeness (QED) is 0.503. The van der Waals surface area contributed by atoms with Crippen LogP contribution in [-0.4, -0.2) is 51.5 Å². The van der Waals surface area contributed by atoms with Crippen molar-refractivity contribution in [1.82, 2.24) is 24.9 Å². The van der Waals surface area contributed by atoms with Gasteiger partial charge in [-0.15, -0.1) is 5.10 Å². The van der Waals surface area contributed by atoms with Gasteiger partial charge in [0.25, 0.3) is 5.91 Å². The third-order valence-electron chi connectivity index (χ3n) is 4.32. The third kappa shape index (κ3) is 5.52. The lowest BCUT2D eigenvalue weighted by Gasteiger charge is -2.16. The van der Waals surface area contributed by atoms with Gasteiger partial charge in [-0.25, -0.2) is 4.68 Å². The molecule has 0 fully saturated rings. The van der Waals surface area contributed by atoms with E-state index in [4.69, 9.17) is 9.47 Å². The summed E-state index contributed by atoms with van der Waals surface area (Å²) in [5, 5.41) is 11.3. The van der Waals surface area contributed by atoms with Gasteiger partial charge in [0.2, 0.25) is 0 Å². The number of aromatic nitrogens is 4. The van der Waals surface area contributed by atoms with Crippen LogP contribution in [0, 0.1) is 0 Å². The summed E-state index contributed by atoms with van der Waals surface area (Å²) < 4.78 is 14.6. The number of carbonyl (C=O) groups excluding carboxylic acids is 1. The Morgan fingerprint density at radius 3 is 2.41 bits per heavy atom. The van der Waals surface area contributed by atoms with E-state index in [-0.39, 0.29) is 17.9 Å². The van der Waals surface area contributed by atoms with Gasteiger partial charge in [0.05, 0.1) is 6.54 Å². The van der Waals surface area contributed by atoms with Crippen LogP contribution in [0.4, 0.5) is 0 Å². The normalized spacial score (nSPS) is 11.1. The van der Waals surface area contributed by atoms with Crippen molar-refractivity contribution in [2.24, 2.45) is 0 Å². The maximum atomic E-state index is 12.8. The van der Waals surface area contributed by atoms with E-state index in [1.807, 2.05) is 73.3 Å². The van der Waals surface area contributed by atoms with Crippen molar-refractivity contribution in [3.63, 3.8) is 0 Å². The molecule has 0 radical (unpaired) electrons. The number of nitrogens with zero attached hydrogens (tertiary/aromatic N) is 4. The second-order valence-electron chi connectivity index (χ2n) is 6.38. The molecule has 154 valence electrons. The Hall–Kier alpha value is -2.97. The molecule has 2 aromatic heterocycles. The summed E-state index contributed by atoms with van der Waals surface area (Å²) >= 11 is 0. The lowest BCUT2D eigenvalue weighted by molar-refractivity contribution is -0.138. The van der Waals surface area contributed by atoms with Crippen molar-refractivity contribution < 1.29 is 14.3 Å². The predicted molar refractivity (Wildman–Crippen MR) is 109 cm³/mol. The molecule has 1 amide bonds. The number of nitrogens with one attached hydrogen (secondary N) is 1. The molecule has 1 N–H and O–H groups in total. The van der Waals surface area contributed by atoms with Gasteiger partial charge in [-0.1, -0.05) is 35.5 Å². The van der Waals surface area contributed by atoms with Crippen LogP contribution in [0.3, 0.4) is 0 Å². The van der Waals surface area contributed by atoms with E-state index in [0.29, 0.717) is 38.5 Å². The molecule has 0 saturated heterocycles. The summed E-state index contributed by atoms with van der Waals surface area (Å²) in [4.78, 5) is 12.8. The largest absolute Gasteiger partial charge is 0.353 e. The van der Waals surface area contributed by atoms with Crippen molar-refractivity contribution in [2.75, 3.05) is 19.8 Å². The molecule has 0 atom stereocenters. The maximum Gasteiger partial charge on any atom is 0.275 e. The molecule has 0 spiro atoms. The topological polar surface area (TPSA) is 83.2 Å². The number of hydrogen-bond donors (Lipinski definition) is 1. The SMILES string of the molecule is CCOC(CCNC(=O)c1nnn(Cc2ccccc2)c1-n1cccc1)OCC. The highest BCUT2D eigenvalue weighted by Gasteiger charge is 2.21. The zero-order valence-electron chi connectivity index (χ0n) is 16.8. The van der Waals surface area contributed by atoms with Crippen LogP contribution in [0.15, 0.2) is 54.9 Å². The van der Waals surface area contributed by atoms with E-state index in [0.717, 1.165) is 5.56 Å². The average Bonchev–Trinajstić information content (AvgIpc) is 3.38. The molecule has 0 bridgehead atoms. The molecule has 0 aliphatic carbocycles. The number of rotatable bonds is 11. The molecule has 29 heavy (non-hydrogen) atoms. The maximum absolute atomic E-state index is 12.8. The van der Waals surface area contributed by atoms with Crippen LogP contribution in [0.1, 0.15) is 36.3 Å². The second kappa shape index (κ2) is 10.5. The Bertz CT molecular complexity index is 871. The molecule has 3 aromatic rings. The minimum absolute atomic E-state index is 0.278. The molecule has 1 aromatic carbocycles. The summed E-state index contributed by atoms with van der Waals surface area (Å²) in [6, 6.07) is 13.7. The molecular weight excluding hydrogens is 370 g/mol. The first-order valence-corrected chi connectivity index (χ1v) is 9.85.